The van der Waals surface area contributed by atoms with Gasteiger partial charge in [0.1, 0.15) is 6.61 Å². The Bertz CT molecular complexity index is 1300. The number of hydrogen-bond acceptors (Lipinski definition) is 5. The molecule has 0 atom stereocenters. The van der Waals surface area contributed by atoms with Crippen LogP contribution < -0.4 is 0 Å². The summed E-state index contributed by atoms with van der Waals surface area (Å²) in [7, 11) is 0. The van der Waals surface area contributed by atoms with Crippen molar-refractivity contribution >= 4 is 23.1 Å². The van der Waals surface area contributed by atoms with Crippen molar-refractivity contribution in [2.24, 2.45) is 0 Å². The highest BCUT2D eigenvalue weighted by Crippen LogP contribution is 2.17. The van der Waals surface area contributed by atoms with Gasteiger partial charge in [-0.15, -0.1) is 0 Å². The number of esters is 1. The molecule has 0 bridgehead atoms. The van der Waals surface area contributed by atoms with E-state index in [0.717, 1.165) is 33.7 Å². The van der Waals surface area contributed by atoms with Crippen molar-refractivity contribution in [3.63, 3.8) is 0 Å². The Balaban J connectivity index is 1.43. The van der Waals surface area contributed by atoms with Gasteiger partial charge in [0.25, 0.3) is 0 Å². The summed E-state index contributed by atoms with van der Waals surface area (Å²) in [5, 5.41) is 4.63. The van der Waals surface area contributed by atoms with Crippen LogP contribution in [0.5, 0.6) is 0 Å². The predicted molar refractivity (Wildman–Crippen MR) is 125 cm³/mol. The number of ether oxygens (including phenoxy) is 1. The number of carbonyl (C=O) groups excluding carboxylic acids is 1. The van der Waals surface area contributed by atoms with Gasteiger partial charge in [-0.3, -0.25) is 4.68 Å². The van der Waals surface area contributed by atoms with E-state index in [1.165, 1.54) is 17.2 Å². The normalized spacial score (nSPS) is 11.4. The van der Waals surface area contributed by atoms with E-state index in [2.05, 4.69) is 46.3 Å². The van der Waals surface area contributed by atoms with E-state index in [9.17, 15) is 4.79 Å². The Kier molecular flexibility index (Phi) is 6.12. The zero-order valence-electron chi connectivity index (χ0n) is 18.8. The molecule has 0 N–H and O–H groups in total. The average molecular weight is 427 g/mol. The lowest BCUT2D eigenvalue weighted by Gasteiger charge is -2.07. The summed E-state index contributed by atoms with van der Waals surface area (Å²) in [5.41, 5.74) is 8.24. The molecule has 0 aliphatic heterocycles. The average Bonchev–Trinajstić information content (AvgIpc) is 3.04. The molecule has 0 aliphatic carbocycles. The fourth-order valence-corrected chi connectivity index (χ4v) is 3.57. The van der Waals surface area contributed by atoms with Gasteiger partial charge in [-0.05, 0) is 51.5 Å². The molecule has 4 rings (SSSR count). The molecule has 0 aliphatic rings. The number of rotatable bonds is 6. The minimum Gasteiger partial charge on any atom is -0.456 e. The van der Waals surface area contributed by atoms with E-state index in [1.54, 1.807) is 6.08 Å². The Morgan fingerprint density at radius 2 is 1.62 bits per heavy atom. The molecule has 2 heterocycles. The van der Waals surface area contributed by atoms with Gasteiger partial charge in [0.15, 0.2) is 0 Å². The predicted octanol–water partition coefficient (Wildman–Crippen LogP) is 4.86. The van der Waals surface area contributed by atoms with Crippen molar-refractivity contribution in [1.29, 1.82) is 0 Å². The number of fused-ring (bicyclic) bond motifs is 1. The number of benzene rings is 2. The first-order chi connectivity index (χ1) is 15.4. The zero-order valence-corrected chi connectivity index (χ0v) is 18.8. The molecule has 32 heavy (non-hydrogen) atoms. The number of nitrogens with zero attached hydrogens (tertiary/aromatic N) is 4. The molecule has 0 saturated carbocycles. The SMILES string of the molecule is Cc1ccc(Cn2nc(C)c(/C=C/C(=O)OCc3nc4ccccc4nc3C)c2C)cc1. The van der Waals surface area contributed by atoms with Gasteiger partial charge in [-0.25, -0.2) is 14.8 Å². The van der Waals surface area contributed by atoms with Crippen LogP contribution in [0.4, 0.5) is 0 Å². The van der Waals surface area contributed by atoms with Gasteiger partial charge >= 0.3 is 5.97 Å². The van der Waals surface area contributed by atoms with Gasteiger partial charge in [-0.2, -0.15) is 5.10 Å². The van der Waals surface area contributed by atoms with E-state index in [4.69, 9.17) is 4.74 Å². The maximum Gasteiger partial charge on any atom is 0.331 e. The summed E-state index contributed by atoms with van der Waals surface area (Å²) in [6.07, 6.45) is 3.21. The Morgan fingerprint density at radius 3 is 2.34 bits per heavy atom. The number of hydrogen-bond donors (Lipinski definition) is 0. The molecule has 0 fully saturated rings. The first kappa shape index (κ1) is 21.4. The second-order valence-electron chi connectivity index (χ2n) is 7.91. The Labute approximate surface area is 187 Å². The van der Waals surface area contributed by atoms with Gasteiger partial charge < -0.3 is 4.74 Å². The van der Waals surface area contributed by atoms with Crippen LogP contribution in [0.15, 0.2) is 54.6 Å². The standard InChI is InChI=1S/C26H26N4O2/c1-17-9-11-21(12-10-17)15-30-20(4)22(18(2)29-30)13-14-26(31)32-16-25-19(3)27-23-7-5-6-8-24(23)28-25/h5-14H,15-16H2,1-4H3/b14-13+. The molecule has 6 heteroatoms. The van der Waals surface area contributed by atoms with Crippen LogP contribution in [-0.4, -0.2) is 25.7 Å². The molecule has 0 unspecified atom stereocenters. The smallest absolute Gasteiger partial charge is 0.331 e. The highest BCUT2D eigenvalue weighted by Gasteiger charge is 2.11. The first-order valence-corrected chi connectivity index (χ1v) is 10.6. The van der Waals surface area contributed by atoms with Crippen molar-refractivity contribution < 1.29 is 9.53 Å². The monoisotopic (exact) mass is 426 g/mol. The summed E-state index contributed by atoms with van der Waals surface area (Å²) in [6.45, 7) is 8.66. The van der Waals surface area contributed by atoms with Crippen LogP contribution in [0.2, 0.25) is 0 Å². The number of carbonyl (C=O) groups is 1. The van der Waals surface area contributed by atoms with E-state index < -0.39 is 5.97 Å². The van der Waals surface area contributed by atoms with E-state index in [0.29, 0.717) is 12.2 Å². The fraction of sp³-hybridized carbons (Fsp3) is 0.231. The third-order valence-corrected chi connectivity index (χ3v) is 5.47. The number of aromatic nitrogens is 4. The van der Waals surface area contributed by atoms with Gasteiger partial charge in [0.05, 0.1) is 34.7 Å². The van der Waals surface area contributed by atoms with Gasteiger partial charge in [0, 0.05) is 17.3 Å². The number of para-hydroxylation sites is 2. The van der Waals surface area contributed by atoms with Crippen LogP contribution in [0.3, 0.4) is 0 Å². The first-order valence-electron chi connectivity index (χ1n) is 10.6. The minimum atomic E-state index is -0.426. The molecular weight excluding hydrogens is 400 g/mol. The lowest BCUT2D eigenvalue weighted by atomic mass is 10.1. The molecule has 4 aromatic rings. The maximum absolute atomic E-state index is 12.3. The highest BCUT2D eigenvalue weighted by molar-refractivity contribution is 5.87. The van der Waals surface area contributed by atoms with Crippen LogP contribution >= 0.6 is 0 Å². The molecule has 0 spiro atoms. The van der Waals surface area contributed by atoms with E-state index >= 15 is 0 Å². The second kappa shape index (κ2) is 9.14. The minimum absolute atomic E-state index is 0.0808. The topological polar surface area (TPSA) is 69.9 Å². The van der Waals surface area contributed by atoms with Gasteiger partial charge in [-0.1, -0.05) is 42.0 Å². The van der Waals surface area contributed by atoms with Crippen molar-refractivity contribution in [3.05, 3.63) is 94.1 Å². The lowest BCUT2D eigenvalue weighted by Crippen LogP contribution is -2.06. The second-order valence-corrected chi connectivity index (χ2v) is 7.91. The summed E-state index contributed by atoms with van der Waals surface area (Å²) >= 11 is 0. The summed E-state index contributed by atoms with van der Waals surface area (Å²) < 4.78 is 7.37. The van der Waals surface area contributed by atoms with Crippen molar-refractivity contribution in [2.75, 3.05) is 0 Å². The highest BCUT2D eigenvalue weighted by atomic mass is 16.5. The summed E-state index contributed by atoms with van der Waals surface area (Å²) in [5.74, 6) is -0.426. The third kappa shape index (κ3) is 4.75. The van der Waals surface area contributed by atoms with Crippen LogP contribution in [0.1, 0.15) is 39.5 Å². The Hall–Kier alpha value is -3.80. The van der Waals surface area contributed by atoms with Crippen LogP contribution in [-0.2, 0) is 22.7 Å². The molecule has 6 nitrogen and oxygen atoms in total. The van der Waals surface area contributed by atoms with Crippen molar-refractivity contribution in [3.8, 4) is 0 Å². The van der Waals surface area contributed by atoms with Gasteiger partial charge in [0.2, 0.25) is 0 Å². The molecule has 0 saturated heterocycles. The van der Waals surface area contributed by atoms with E-state index in [1.807, 2.05) is 49.7 Å². The van der Waals surface area contributed by atoms with Crippen molar-refractivity contribution in [2.45, 2.75) is 40.8 Å². The summed E-state index contributed by atoms with van der Waals surface area (Å²) in [6, 6.07) is 16.1. The third-order valence-electron chi connectivity index (χ3n) is 5.47. The molecule has 2 aromatic carbocycles. The quantitative estimate of drug-likeness (QED) is 0.325. The van der Waals surface area contributed by atoms with Crippen molar-refractivity contribution in [1.82, 2.24) is 19.7 Å². The molecule has 162 valence electrons. The summed E-state index contributed by atoms with van der Waals surface area (Å²) in [4.78, 5) is 21.4. The maximum atomic E-state index is 12.3. The molecular formula is C26H26N4O2. The van der Waals surface area contributed by atoms with E-state index in [-0.39, 0.29) is 6.61 Å². The fourth-order valence-electron chi connectivity index (χ4n) is 3.57. The van der Waals surface area contributed by atoms with Crippen LogP contribution in [0.25, 0.3) is 17.1 Å². The zero-order chi connectivity index (χ0) is 22.7. The van der Waals surface area contributed by atoms with Crippen LogP contribution in [0, 0.1) is 27.7 Å². The molecule has 0 radical (unpaired) electrons. The molecule has 0 amide bonds. The Morgan fingerprint density at radius 1 is 0.938 bits per heavy atom. The largest absolute Gasteiger partial charge is 0.456 e. The number of aryl methyl sites for hydroxylation is 3. The molecule has 2 aromatic heterocycles. The lowest BCUT2D eigenvalue weighted by molar-refractivity contribution is -0.139.